The summed E-state index contributed by atoms with van der Waals surface area (Å²) in [5.74, 6) is 2.31. The van der Waals surface area contributed by atoms with Gasteiger partial charge in [0.15, 0.2) is 0 Å². The van der Waals surface area contributed by atoms with Crippen molar-refractivity contribution < 1.29 is 5.11 Å². The zero-order valence-electron chi connectivity index (χ0n) is 6.60. The molecule has 0 aromatic rings. The Morgan fingerprint density at radius 2 is 2.00 bits per heavy atom. The standard InChI is InChI=1S/C7H17NOS/c1-8-4-2-6-10-7-3-5-9/h8-9H,2-7H2,1H3. The van der Waals surface area contributed by atoms with Crippen LogP contribution in [0.15, 0.2) is 0 Å². The van der Waals surface area contributed by atoms with Gasteiger partial charge < -0.3 is 10.4 Å². The first-order valence-electron chi connectivity index (χ1n) is 3.75. The Labute approximate surface area is 67.4 Å². The van der Waals surface area contributed by atoms with E-state index in [1.54, 1.807) is 0 Å². The average Bonchev–Trinajstić information content (AvgIpc) is 1.97. The first kappa shape index (κ1) is 10.3. The fraction of sp³-hybridized carbons (Fsp3) is 1.00. The zero-order valence-corrected chi connectivity index (χ0v) is 7.41. The third-order valence-corrected chi connectivity index (χ3v) is 2.32. The lowest BCUT2D eigenvalue weighted by atomic mass is 10.5. The second-order valence-corrected chi connectivity index (χ2v) is 3.37. The number of nitrogens with one attached hydrogen (secondary N) is 1. The van der Waals surface area contributed by atoms with Crippen LogP contribution < -0.4 is 5.32 Å². The summed E-state index contributed by atoms with van der Waals surface area (Å²) in [6, 6.07) is 0. The van der Waals surface area contributed by atoms with Gasteiger partial charge in [0.25, 0.3) is 0 Å². The van der Waals surface area contributed by atoms with Crippen LogP contribution in [-0.4, -0.2) is 36.8 Å². The highest BCUT2D eigenvalue weighted by Crippen LogP contribution is 2.02. The number of aliphatic hydroxyl groups is 1. The third kappa shape index (κ3) is 8.27. The van der Waals surface area contributed by atoms with Crippen LogP contribution in [0.3, 0.4) is 0 Å². The van der Waals surface area contributed by atoms with Crippen LogP contribution in [0, 0.1) is 0 Å². The molecule has 2 N–H and O–H groups in total. The third-order valence-electron chi connectivity index (χ3n) is 1.16. The molecule has 0 radical (unpaired) electrons. The van der Waals surface area contributed by atoms with E-state index in [9.17, 15) is 0 Å². The molecule has 0 heterocycles. The van der Waals surface area contributed by atoms with Gasteiger partial charge in [0.05, 0.1) is 0 Å². The van der Waals surface area contributed by atoms with Crippen molar-refractivity contribution in [3.63, 3.8) is 0 Å². The molecule has 0 aromatic heterocycles. The first-order chi connectivity index (χ1) is 4.91. The van der Waals surface area contributed by atoms with Crippen molar-refractivity contribution in [1.29, 1.82) is 0 Å². The lowest BCUT2D eigenvalue weighted by Gasteiger charge is -1.98. The minimum Gasteiger partial charge on any atom is -0.396 e. The van der Waals surface area contributed by atoms with Crippen molar-refractivity contribution in [2.75, 3.05) is 31.7 Å². The minimum atomic E-state index is 0.332. The van der Waals surface area contributed by atoms with Gasteiger partial charge in [-0.2, -0.15) is 11.8 Å². The van der Waals surface area contributed by atoms with Gasteiger partial charge in [0.1, 0.15) is 0 Å². The van der Waals surface area contributed by atoms with E-state index in [0.29, 0.717) is 6.61 Å². The quantitative estimate of drug-likeness (QED) is 0.542. The maximum atomic E-state index is 8.44. The molecule has 0 rings (SSSR count). The highest BCUT2D eigenvalue weighted by molar-refractivity contribution is 7.99. The van der Waals surface area contributed by atoms with Crippen molar-refractivity contribution in [3.05, 3.63) is 0 Å². The fourth-order valence-corrected chi connectivity index (χ4v) is 1.51. The monoisotopic (exact) mass is 163 g/mol. The maximum Gasteiger partial charge on any atom is 0.0438 e. The number of hydrogen-bond acceptors (Lipinski definition) is 3. The van der Waals surface area contributed by atoms with Gasteiger partial charge in [0, 0.05) is 6.61 Å². The van der Waals surface area contributed by atoms with Crippen molar-refractivity contribution >= 4 is 11.8 Å². The molecule has 0 saturated carbocycles. The SMILES string of the molecule is CNCCCSCCCO. The summed E-state index contributed by atoms with van der Waals surface area (Å²) >= 11 is 1.92. The average molecular weight is 163 g/mol. The van der Waals surface area contributed by atoms with Gasteiger partial charge in [-0.1, -0.05) is 0 Å². The minimum absolute atomic E-state index is 0.332. The summed E-state index contributed by atoms with van der Waals surface area (Å²) in [4.78, 5) is 0. The van der Waals surface area contributed by atoms with E-state index in [4.69, 9.17) is 5.11 Å². The van der Waals surface area contributed by atoms with Gasteiger partial charge in [-0.15, -0.1) is 0 Å². The second-order valence-electron chi connectivity index (χ2n) is 2.15. The number of hydrogen-bond donors (Lipinski definition) is 2. The van der Waals surface area contributed by atoms with Crippen LogP contribution >= 0.6 is 11.8 Å². The Bertz CT molecular complexity index is 53.6. The molecule has 0 aliphatic rings. The molecule has 62 valence electrons. The van der Waals surface area contributed by atoms with Crippen LogP contribution in [0.1, 0.15) is 12.8 Å². The van der Waals surface area contributed by atoms with E-state index in [2.05, 4.69) is 5.32 Å². The molecule has 0 atom stereocenters. The predicted octanol–water partition coefficient (Wildman–Crippen LogP) is 0.711. The Hall–Kier alpha value is 0.270. The number of aliphatic hydroxyl groups excluding tert-OH is 1. The fourth-order valence-electron chi connectivity index (χ4n) is 0.620. The lowest BCUT2D eigenvalue weighted by molar-refractivity contribution is 0.296. The van der Waals surface area contributed by atoms with E-state index in [1.807, 2.05) is 18.8 Å². The molecule has 0 aliphatic carbocycles. The van der Waals surface area contributed by atoms with Gasteiger partial charge in [-0.3, -0.25) is 0 Å². The van der Waals surface area contributed by atoms with E-state index in [1.165, 1.54) is 12.2 Å². The highest BCUT2D eigenvalue weighted by atomic mass is 32.2. The second kappa shape index (κ2) is 9.27. The van der Waals surface area contributed by atoms with Crippen molar-refractivity contribution in [1.82, 2.24) is 5.32 Å². The maximum absolute atomic E-state index is 8.44. The molecule has 3 heteroatoms. The molecular formula is C7H17NOS. The first-order valence-corrected chi connectivity index (χ1v) is 4.90. The Kier molecular flexibility index (Phi) is 9.52. The molecule has 0 bridgehead atoms. The molecule has 0 aromatic carbocycles. The molecule has 0 aliphatic heterocycles. The van der Waals surface area contributed by atoms with E-state index in [-0.39, 0.29) is 0 Å². The molecular weight excluding hydrogens is 146 g/mol. The van der Waals surface area contributed by atoms with Crippen molar-refractivity contribution in [2.24, 2.45) is 0 Å². The molecule has 0 saturated heterocycles. The predicted molar refractivity (Wildman–Crippen MR) is 47.6 cm³/mol. The normalized spacial score (nSPS) is 10.2. The highest BCUT2D eigenvalue weighted by Gasteiger charge is 1.87. The molecule has 10 heavy (non-hydrogen) atoms. The molecule has 0 spiro atoms. The van der Waals surface area contributed by atoms with E-state index < -0.39 is 0 Å². The zero-order chi connectivity index (χ0) is 7.66. The number of thioether (sulfide) groups is 1. The molecule has 2 nitrogen and oxygen atoms in total. The van der Waals surface area contributed by atoms with Crippen molar-refractivity contribution in [2.45, 2.75) is 12.8 Å². The molecule has 0 fully saturated rings. The summed E-state index contributed by atoms with van der Waals surface area (Å²) in [5.41, 5.74) is 0. The summed E-state index contributed by atoms with van der Waals surface area (Å²) in [5, 5.41) is 11.5. The van der Waals surface area contributed by atoms with Gasteiger partial charge in [0.2, 0.25) is 0 Å². The van der Waals surface area contributed by atoms with Crippen molar-refractivity contribution in [3.8, 4) is 0 Å². The summed E-state index contributed by atoms with van der Waals surface area (Å²) in [6.45, 7) is 1.44. The van der Waals surface area contributed by atoms with Crippen LogP contribution in [0.25, 0.3) is 0 Å². The van der Waals surface area contributed by atoms with Gasteiger partial charge in [-0.05, 0) is 37.9 Å². The Morgan fingerprint density at radius 1 is 1.30 bits per heavy atom. The largest absolute Gasteiger partial charge is 0.396 e. The molecule has 0 amide bonds. The summed E-state index contributed by atoms with van der Waals surface area (Å²) in [7, 11) is 1.97. The summed E-state index contributed by atoms with van der Waals surface area (Å²) in [6.07, 6.45) is 2.16. The Morgan fingerprint density at radius 3 is 2.60 bits per heavy atom. The summed E-state index contributed by atoms with van der Waals surface area (Å²) < 4.78 is 0. The molecule has 0 unspecified atom stereocenters. The smallest absolute Gasteiger partial charge is 0.0438 e. The van der Waals surface area contributed by atoms with Crippen LogP contribution in [0.2, 0.25) is 0 Å². The van der Waals surface area contributed by atoms with Gasteiger partial charge >= 0.3 is 0 Å². The Balaban J connectivity index is 2.65. The number of rotatable bonds is 7. The van der Waals surface area contributed by atoms with Gasteiger partial charge in [-0.25, -0.2) is 0 Å². The van der Waals surface area contributed by atoms with Crippen LogP contribution in [-0.2, 0) is 0 Å². The van der Waals surface area contributed by atoms with Crippen LogP contribution in [0.5, 0.6) is 0 Å². The topological polar surface area (TPSA) is 32.3 Å². The van der Waals surface area contributed by atoms with E-state index >= 15 is 0 Å². The van der Waals surface area contributed by atoms with Crippen LogP contribution in [0.4, 0.5) is 0 Å². The lowest BCUT2D eigenvalue weighted by Crippen LogP contribution is -2.08. The van der Waals surface area contributed by atoms with E-state index in [0.717, 1.165) is 18.7 Å².